The van der Waals surface area contributed by atoms with E-state index in [-0.39, 0.29) is 11.7 Å². The van der Waals surface area contributed by atoms with Crippen LogP contribution in [0.4, 0.5) is 11.4 Å². The summed E-state index contributed by atoms with van der Waals surface area (Å²) in [6, 6.07) is 6.06. The molecule has 0 radical (unpaired) electrons. The number of nitriles is 1. The second-order valence-electron chi connectivity index (χ2n) is 4.29. The van der Waals surface area contributed by atoms with Crippen molar-refractivity contribution in [3.05, 3.63) is 50.0 Å². The van der Waals surface area contributed by atoms with Gasteiger partial charge in [-0.2, -0.15) is 5.26 Å². The molecule has 0 saturated carbocycles. The minimum Gasteiger partial charge on any atom is -0.370 e. The van der Waals surface area contributed by atoms with E-state index < -0.39 is 4.92 Å². The fraction of sp³-hybridized carbons (Fsp3) is 0.231. The Hall–Kier alpha value is -2.46. The SMILES string of the molecule is Cc1csc(C(C)Nc2cc(C#N)ccc2[N+](=O)[O-])n1. The van der Waals surface area contributed by atoms with Crippen molar-refractivity contribution in [3.63, 3.8) is 0 Å². The first kappa shape index (κ1) is 14.0. The van der Waals surface area contributed by atoms with Gasteiger partial charge in [0, 0.05) is 17.1 Å². The topological polar surface area (TPSA) is 91.8 Å². The van der Waals surface area contributed by atoms with Gasteiger partial charge in [-0.15, -0.1) is 11.3 Å². The van der Waals surface area contributed by atoms with Crippen molar-refractivity contribution >= 4 is 22.7 Å². The molecule has 1 aromatic heterocycles. The number of nitrogens with zero attached hydrogens (tertiary/aromatic N) is 3. The number of hydrogen-bond acceptors (Lipinski definition) is 6. The predicted octanol–water partition coefficient (Wildman–Crippen LogP) is 3.40. The lowest BCUT2D eigenvalue weighted by atomic mass is 10.1. The molecule has 0 saturated heterocycles. The zero-order chi connectivity index (χ0) is 14.7. The summed E-state index contributed by atoms with van der Waals surface area (Å²) in [6.07, 6.45) is 0. The molecular formula is C13H12N4O2S. The summed E-state index contributed by atoms with van der Waals surface area (Å²) in [5.74, 6) is 0. The molecule has 1 atom stereocenters. The van der Waals surface area contributed by atoms with Gasteiger partial charge in [-0.05, 0) is 26.0 Å². The number of anilines is 1. The van der Waals surface area contributed by atoms with Gasteiger partial charge >= 0.3 is 0 Å². The number of nitro groups is 1. The second-order valence-corrected chi connectivity index (χ2v) is 5.18. The average Bonchev–Trinajstić information content (AvgIpc) is 2.85. The summed E-state index contributed by atoms with van der Waals surface area (Å²) in [5.41, 5.74) is 1.57. The van der Waals surface area contributed by atoms with Crippen LogP contribution < -0.4 is 5.32 Å². The van der Waals surface area contributed by atoms with Crippen LogP contribution in [0.25, 0.3) is 0 Å². The molecular weight excluding hydrogens is 276 g/mol. The monoisotopic (exact) mass is 288 g/mol. The highest BCUT2D eigenvalue weighted by Gasteiger charge is 2.18. The van der Waals surface area contributed by atoms with Gasteiger partial charge in [0.2, 0.25) is 0 Å². The number of rotatable bonds is 4. The van der Waals surface area contributed by atoms with E-state index in [1.807, 2.05) is 25.3 Å². The molecule has 0 amide bonds. The van der Waals surface area contributed by atoms with Crippen LogP contribution in [0.5, 0.6) is 0 Å². The summed E-state index contributed by atoms with van der Waals surface area (Å²) in [7, 11) is 0. The van der Waals surface area contributed by atoms with Crippen LogP contribution in [0.1, 0.15) is 29.2 Å². The van der Waals surface area contributed by atoms with Gasteiger partial charge in [-0.1, -0.05) is 0 Å². The molecule has 0 bridgehead atoms. The van der Waals surface area contributed by atoms with Gasteiger partial charge in [-0.3, -0.25) is 10.1 Å². The lowest BCUT2D eigenvalue weighted by molar-refractivity contribution is -0.384. The highest BCUT2D eigenvalue weighted by molar-refractivity contribution is 7.09. The molecule has 1 N–H and O–H groups in total. The Balaban J connectivity index is 2.32. The first-order valence-corrected chi connectivity index (χ1v) is 6.76. The quantitative estimate of drug-likeness (QED) is 0.687. The highest BCUT2D eigenvalue weighted by atomic mass is 32.1. The molecule has 0 aliphatic carbocycles. The molecule has 1 unspecified atom stereocenters. The Morgan fingerprint density at radius 3 is 2.85 bits per heavy atom. The maximum atomic E-state index is 11.0. The fourth-order valence-electron chi connectivity index (χ4n) is 1.75. The summed E-state index contributed by atoms with van der Waals surface area (Å²) < 4.78 is 0. The maximum absolute atomic E-state index is 11.0. The summed E-state index contributed by atoms with van der Waals surface area (Å²) in [6.45, 7) is 3.77. The Kier molecular flexibility index (Phi) is 3.96. The largest absolute Gasteiger partial charge is 0.370 e. The number of aromatic nitrogens is 1. The Morgan fingerprint density at radius 2 is 2.30 bits per heavy atom. The van der Waals surface area contributed by atoms with Crippen molar-refractivity contribution in [3.8, 4) is 6.07 Å². The predicted molar refractivity (Wildman–Crippen MR) is 76.7 cm³/mol. The zero-order valence-electron chi connectivity index (χ0n) is 11.0. The summed E-state index contributed by atoms with van der Waals surface area (Å²) >= 11 is 1.49. The molecule has 2 aromatic rings. The van der Waals surface area contributed by atoms with Gasteiger partial charge in [-0.25, -0.2) is 4.98 Å². The molecule has 0 aliphatic rings. The Bertz CT molecular complexity index is 690. The molecule has 0 aliphatic heterocycles. The number of aryl methyl sites for hydroxylation is 1. The molecule has 7 heteroatoms. The standard InChI is InChI=1S/C13H12N4O2S/c1-8-7-20-13(15-8)9(2)16-11-5-10(6-14)3-4-12(11)17(18)19/h3-5,7,9,16H,1-2H3. The molecule has 102 valence electrons. The number of hydrogen-bond donors (Lipinski definition) is 1. The van der Waals surface area contributed by atoms with Gasteiger partial charge in [0.15, 0.2) is 0 Å². The molecule has 0 spiro atoms. The van der Waals surface area contributed by atoms with Crippen molar-refractivity contribution < 1.29 is 4.92 Å². The average molecular weight is 288 g/mol. The van der Waals surface area contributed by atoms with Crippen molar-refractivity contribution in [2.24, 2.45) is 0 Å². The number of thiazole rings is 1. The van der Waals surface area contributed by atoms with Crippen LogP contribution in [0.15, 0.2) is 23.6 Å². The molecule has 0 fully saturated rings. The van der Waals surface area contributed by atoms with Crippen LogP contribution in [-0.2, 0) is 0 Å². The zero-order valence-corrected chi connectivity index (χ0v) is 11.8. The van der Waals surface area contributed by atoms with Crippen molar-refractivity contribution in [2.45, 2.75) is 19.9 Å². The Labute approximate surface area is 119 Å². The van der Waals surface area contributed by atoms with E-state index in [2.05, 4.69) is 10.3 Å². The second kappa shape index (κ2) is 5.67. The van der Waals surface area contributed by atoms with E-state index in [0.717, 1.165) is 10.7 Å². The maximum Gasteiger partial charge on any atom is 0.292 e. The van der Waals surface area contributed by atoms with Crippen LogP contribution in [0, 0.1) is 28.4 Å². The third-order valence-electron chi connectivity index (χ3n) is 2.70. The summed E-state index contributed by atoms with van der Waals surface area (Å²) in [5, 5.41) is 25.7. The smallest absolute Gasteiger partial charge is 0.292 e. The van der Waals surface area contributed by atoms with Crippen LogP contribution in [0.3, 0.4) is 0 Å². The molecule has 6 nitrogen and oxygen atoms in total. The minimum atomic E-state index is -0.469. The third-order valence-corrected chi connectivity index (χ3v) is 3.85. The normalized spacial score (nSPS) is 11.7. The first-order valence-electron chi connectivity index (χ1n) is 5.88. The number of nitro benzene ring substituents is 1. The summed E-state index contributed by atoms with van der Waals surface area (Å²) in [4.78, 5) is 14.9. The minimum absolute atomic E-state index is 0.0517. The van der Waals surface area contributed by atoms with Crippen LogP contribution in [-0.4, -0.2) is 9.91 Å². The number of benzene rings is 1. The molecule has 1 heterocycles. The first-order chi connectivity index (χ1) is 9.51. The molecule has 20 heavy (non-hydrogen) atoms. The molecule has 2 rings (SSSR count). The van der Waals surface area contributed by atoms with Crippen molar-refractivity contribution in [2.75, 3.05) is 5.32 Å². The lowest BCUT2D eigenvalue weighted by Gasteiger charge is -2.13. The number of nitrogens with one attached hydrogen (secondary N) is 1. The van der Waals surface area contributed by atoms with E-state index in [4.69, 9.17) is 5.26 Å². The van der Waals surface area contributed by atoms with E-state index in [0.29, 0.717) is 11.3 Å². The van der Waals surface area contributed by atoms with Gasteiger partial charge in [0.1, 0.15) is 10.7 Å². The van der Waals surface area contributed by atoms with Crippen LogP contribution in [0.2, 0.25) is 0 Å². The lowest BCUT2D eigenvalue weighted by Crippen LogP contribution is -2.08. The van der Waals surface area contributed by atoms with Gasteiger partial charge in [0.05, 0.1) is 22.6 Å². The van der Waals surface area contributed by atoms with Gasteiger partial charge < -0.3 is 5.32 Å². The highest BCUT2D eigenvalue weighted by Crippen LogP contribution is 2.30. The van der Waals surface area contributed by atoms with E-state index in [9.17, 15) is 10.1 Å². The van der Waals surface area contributed by atoms with Crippen molar-refractivity contribution in [1.82, 2.24) is 4.98 Å². The van der Waals surface area contributed by atoms with E-state index >= 15 is 0 Å². The Morgan fingerprint density at radius 1 is 1.55 bits per heavy atom. The van der Waals surface area contributed by atoms with E-state index in [1.165, 1.54) is 29.5 Å². The van der Waals surface area contributed by atoms with Gasteiger partial charge in [0.25, 0.3) is 5.69 Å². The molecule has 1 aromatic carbocycles. The van der Waals surface area contributed by atoms with E-state index in [1.54, 1.807) is 0 Å². The van der Waals surface area contributed by atoms with Crippen molar-refractivity contribution in [1.29, 1.82) is 5.26 Å². The van der Waals surface area contributed by atoms with Crippen LogP contribution >= 0.6 is 11.3 Å². The third kappa shape index (κ3) is 2.92. The fourth-order valence-corrected chi connectivity index (χ4v) is 2.55.